The molecule has 5 amide bonds. The van der Waals surface area contributed by atoms with Crippen LogP contribution in [0.25, 0.3) is 0 Å². The van der Waals surface area contributed by atoms with E-state index >= 15 is 0 Å². The summed E-state index contributed by atoms with van der Waals surface area (Å²) in [7, 11) is 0. The summed E-state index contributed by atoms with van der Waals surface area (Å²) in [6.45, 7) is 6.70. The number of nitrogens with zero attached hydrogens (tertiary/aromatic N) is 2. The van der Waals surface area contributed by atoms with Crippen molar-refractivity contribution in [2.24, 2.45) is 5.92 Å². The topological polar surface area (TPSA) is 192 Å². The van der Waals surface area contributed by atoms with Crippen LogP contribution in [-0.4, -0.2) is 88.6 Å². The van der Waals surface area contributed by atoms with Crippen LogP contribution in [0.5, 0.6) is 5.75 Å². The van der Waals surface area contributed by atoms with E-state index in [1.165, 1.54) is 24.8 Å². The Bertz CT molecular complexity index is 1260. The SMILES string of the molecule is CC(C)[C@@H]1NC(=O)[C@H](C)NC(=O)[C@H]([C@@H](C)O)NC(=O)c2cc(on2)CN(C(=O)CCCOc2ccccc2)CCNC1=O. The number of benzene rings is 1. The number of ether oxygens (including phenoxy) is 1. The third kappa shape index (κ3) is 9.81. The van der Waals surface area contributed by atoms with Crippen molar-refractivity contribution < 1.29 is 38.3 Å². The Morgan fingerprint density at radius 1 is 1.05 bits per heavy atom. The lowest BCUT2D eigenvalue weighted by atomic mass is 10.0. The van der Waals surface area contributed by atoms with Gasteiger partial charge < -0.3 is 40.5 Å². The average molecular weight is 601 g/mol. The number of fused-ring (bicyclic) bond motifs is 2. The van der Waals surface area contributed by atoms with Crippen molar-refractivity contribution in [2.45, 2.75) is 71.3 Å². The third-order valence-corrected chi connectivity index (χ3v) is 6.77. The van der Waals surface area contributed by atoms with Crippen molar-refractivity contribution in [3.05, 3.63) is 47.9 Å². The fraction of sp³-hybridized carbons (Fsp3) is 0.517. The van der Waals surface area contributed by atoms with Gasteiger partial charge in [-0.05, 0) is 38.3 Å². The van der Waals surface area contributed by atoms with Crippen molar-refractivity contribution in [2.75, 3.05) is 19.7 Å². The molecule has 14 nitrogen and oxygen atoms in total. The number of aliphatic hydroxyl groups is 1. The van der Waals surface area contributed by atoms with E-state index < -0.39 is 47.9 Å². The number of rotatable bonds is 7. The van der Waals surface area contributed by atoms with Crippen LogP contribution in [0.2, 0.25) is 0 Å². The van der Waals surface area contributed by atoms with E-state index in [2.05, 4.69) is 26.4 Å². The Morgan fingerprint density at radius 2 is 1.77 bits per heavy atom. The van der Waals surface area contributed by atoms with E-state index in [0.29, 0.717) is 18.8 Å². The van der Waals surface area contributed by atoms with Gasteiger partial charge in [-0.1, -0.05) is 37.2 Å². The highest BCUT2D eigenvalue weighted by Gasteiger charge is 2.32. The fourth-order valence-corrected chi connectivity index (χ4v) is 4.29. The minimum absolute atomic E-state index is 0.0449. The second kappa shape index (κ2) is 15.7. The van der Waals surface area contributed by atoms with Crippen LogP contribution in [0.15, 0.2) is 40.9 Å². The number of hydrogen-bond acceptors (Lipinski definition) is 9. The largest absolute Gasteiger partial charge is 0.494 e. The minimum Gasteiger partial charge on any atom is -0.494 e. The zero-order chi connectivity index (χ0) is 31.5. The van der Waals surface area contributed by atoms with Gasteiger partial charge in [-0.2, -0.15) is 0 Å². The number of aromatic nitrogens is 1. The summed E-state index contributed by atoms with van der Waals surface area (Å²) in [6, 6.07) is 7.12. The van der Waals surface area contributed by atoms with Gasteiger partial charge in [-0.15, -0.1) is 0 Å². The lowest BCUT2D eigenvalue weighted by molar-refractivity contribution is -0.134. The molecule has 0 saturated heterocycles. The van der Waals surface area contributed by atoms with E-state index in [1.54, 1.807) is 13.8 Å². The molecular weight excluding hydrogens is 560 g/mol. The lowest BCUT2D eigenvalue weighted by Crippen LogP contribution is -2.58. The average Bonchev–Trinajstić information content (AvgIpc) is 3.44. The maximum atomic E-state index is 13.2. The molecule has 5 N–H and O–H groups in total. The number of amides is 5. The number of aliphatic hydroxyl groups excluding tert-OH is 1. The Labute approximate surface area is 249 Å². The van der Waals surface area contributed by atoms with Crippen molar-refractivity contribution in [1.82, 2.24) is 31.3 Å². The standard InChI is InChI=1S/C29H40N6O8/c1-17(2)24-28(40)30-12-13-35(23(37)11-8-14-42-20-9-6-5-7-10-20)16-21-15-22(34-43-21)27(39)33-25(19(4)36)29(41)31-18(3)26(38)32-24/h5-7,9-10,15,17-19,24-25,36H,8,11-14,16H2,1-4H3,(H,30,40)(H,31,41)(H,32,38)(H,33,39)/t18-,19+,24-,25-/m0/s1. The van der Waals surface area contributed by atoms with Crippen LogP contribution < -0.4 is 26.0 Å². The minimum atomic E-state index is -1.41. The zero-order valence-corrected chi connectivity index (χ0v) is 24.8. The highest BCUT2D eigenvalue weighted by atomic mass is 16.5. The predicted octanol–water partition coefficient (Wildman–Crippen LogP) is 0.117. The first kappa shape index (κ1) is 33.0. The molecule has 3 rings (SSSR count). The van der Waals surface area contributed by atoms with Crippen molar-refractivity contribution in [1.29, 1.82) is 0 Å². The Hall–Kier alpha value is -4.46. The summed E-state index contributed by atoms with van der Waals surface area (Å²) in [5.41, 5.74) is -0.169. The van der Waals surface area contributed by atoms with E-state index in [0.717, 1.165) is 0 Å². The Kier molecular flexibility index (Phi) is 12.0. The van der Waals surface area contributed by atoms with Crippen LogP contribution in [0.3, 0.4) is 0 Å². The molecule has 4 atom stereocenters. The van der Waals surface area contributed by atoms with Crippen LogP contribution in [0, 0.1) is 5.92 Å². The van der Waals surface area contributed by atoms with E-state index in [1.807, 2.05) is 30.3 Å². The second-order valence-corrected chi connectivity index (χ2v) is 10.7. The highest BCUT2D eigenvalue weighted by Crippen LogP contribution is 2.13. The van der Waals surface area contributed by atoms with Crippen molar-refractivity contribution in [3.8, 4) is 5.75 Å². The van der Waals surface area contributed by atoms with Crippen molar-refractivity contribution >= 4 is 29.5 Å². The summed E-state index contributed by atoms with van der Waals surface area (Å²) < 4.78 is 11.0. The molecule has 0 saturated carbocycles. The quantitative estimate of drug-likeness (QED) is 0.275. The molecule has 1 aromatic heterocycles. The molecule has 0 fully saturated rings. The molecule has 0 aliphatic carbocycles. The summed E-state index contributed by atoms with van der Waals surface area (Å²) in [6.07, 6.45) is -0.733. The number of para-hydroxylation sites is 1. The van der Waals surface area contributed by atoms with Crippen LogP contribution in [0.1, 0.15) is 56.8 Å². The summed E-state index contributed by atoms with van der Waals surface area (Å²) in [4.78, 5) is 66.2. The van der Waals surface area contributed by atoms with Gasteiger partial charge in [-0.25, -0.2) is 0 Å². The number of carbonyl (C=O) groups excluding carboxylic acids is 5. The highest BCUT2D eigenvalue weighted by molar-refractivity contribution is 5.98. The fourth-order valence-electron chi connectivity index (χ4n) is 4.29. The molecule has 2 heterocycles. The second-order valence-electron chi connectivity index (χ2n) is 10.7. The molecule has 1 aromatic carbocycles. The third-order valence-electron chi connectivity index (χ3n) is 6.77. The summed E-state index contributed by atoms with van der Waals surface area (Å²) in [5.74, 6) is -2.33. The summed E-state index contributed by atoms with van der Waals surface area (Å²) in [5, 5.41) is 24.2. The molecule has 0 unspecified atom stereocenters. The Balaban J connectivity index is 1.79. The maximum Gasteiger partial charge on any atom is 0.274 e. The lowest BCUT2D eigenvalue weighted by Gasteiger charge is -2.26. The van der Waals surface area contributed by atoms with E-state index in [4.69, 9.17) is 9.26 Å². The molecule has 0 spiro atoms. The molecular formula is C29H40N6O8. The zero-order valence-electron chi connectivity index (χ0n) is 24.8. The van der Waals surface area contributed by atoms with Gasteiger partial charge in [0.15, 0.2) is 11.5 Å². The molecule has 234 valence electrons. The first-order valence-corrected chi connectivity index (χ1v) is 14.2. The van der Waals surface area contributed by atoms with Gasteiger partial charge in [0.25, 0.3) is 5.91 Å². The molecule has 0 radical (unpaired) electrons. The Morgan fingerprint density at radius 3 is 2.44 bits per heavy atom. The van der Waals surface area contributed by atoms with Gasteiger partial charge in [0.2, 0.25) is 23.6 Å². The van der Waals surface area contributed by atoms with Crippen molar-refractivity contribution in [3.63, 3.8) is 0 Å². The number of hydrogen-bond donors (Lipinski definition) is 5. The van der Waals surface area contributed by atoms with Gasteiger partial charge in [0, 0.05) is 25.6 Å². The van der Waals surface area contributed by atoms with E-state index in [9.17, 15) is 29.1 Å². The van der Waals surface area contributed by atoms with Crippen LogP contribution in [-0.2, 0) is 25.7 Å². The molecule has 1 aliphatic heterocycles. The normalized spacial score (nSPS) is 21.5. The molecule has 2 bridgehead atoms. The first-order chi connectivity index (χ1) is 20.5. The molecule has 1 aliphatic rings. The van der Waals surface area contributed by atoms with E-state index in [-0.39, 0.29) is 49.3 Å². The van der Waals surface area contributed by atoms with Gasteiger partial charge in [0.05, 0.1) is 19.3 Å². The summed E-state index contributed by atoms with van der Waals surface area (Å²) >= 11 is 0. The number of nitrogens with one attached hydrogen (secondary N) is 4. The maximum absolute atomic E-state index is 13.2. The van der Waals surface area contributed by atoms with Gasteiger partial charge in [-0.3, -0.25) is 24.0 Å². The molecule has 2 aromatic rings. The monoisotopic (exact) mass is 600 g/mol. The number of carbonyl (C=O) groups is 5. The van der Waals surface area contributed by atoms with Gasteiger partial charge >= 0.3 is 0 Å². The predicted molar refractivity (Wildman–Crippen MR) is 153 cm³/mol. The molecule has 43 heavy (non-hydrogen) atoms. The van der Waals surface area contributed by atoms with Gasteiger partial charge in [0.1, 0.15) is 23.9 Å². The van der Waals surface area contributed by atoms with Crippen LogP contribution >= 0.6 is 0 Å². The molecule has 14 heteroatoms. The first-order valence-electron chi connectivity index (χ1n) is 14.2. The smallest absolute Gasteiger partial charge is 0.274 e. The van der Waals surface area contributed by atoms with Crippen LogP contribution in [0.4, 0.5) is 0 Å².